The number of piperazine rings is 1. The molecule has 1 saturated heterocycles. The van der Waals surface area contributed by atoms with Crippen LogP contribution in [0.5, 0.6) is 5.75 Å². The number of methoxy groups -OCH3 is 1. The normalized spacial score (nSPS) is 15.5. The maximum Gasteiger partial charge on any atom is 0.269 e. The summed E-state index contributed by atoms with van der Waals surface area (Å²) in [5, 5.41) is 7.61. The van der Waals surface area contributed by atoms with Gasteiger partial charge in [0.1, 0.15) is 5.75 Å². The molecule has 2 heterocycles. The second-order valence-corrected chi connectivity index (χ2v) is 8.09. The van der Waals surface area contributed by atoms with E-state index >= 15 is 0 Å². The SMILES string of the molecule is COc1ccccc1N1CCN(CCNc2cnn(C(C)(C)C)c(=O)c2)CC1. The van der Waals surface area contributed by atoms with Crippen LogP contribution in [-0.4, -0.2) is 61.1 Å². The fraction of sp³-hybridized carbons (Fsp3) is 0.524. The smallest absolute Gasteiger partial charge is 0.269 e. The Morgan fingerprint density at radius 3 is 2.50 bits per heavy atom. The van der Waals surface area contributed by atoms with E-state index < -0.39 is 0 Å². The van der Waals surface area contributed by atoms with Crippen molar-refractivity contribution in [3.63, 3.8) is 0 Å². The van der Waals surface area contributed by atoms with E-state index in [0.29, 0.717) is 0 Å². The highest BCUT2D eigenvalue weighted by Crippen LogP contribution is 2.28. The molecule has 1 N–H and O–H groups in total. The Hall–Kier alpha value is -2.54. The van der Waals surface area contributed by atoms with Crippen molar-refractivity contribution in [3.05, 3.63) is 46.9 Å². The van der Waals surface area contributed by atoms with E-state index in [2.05, 4.69) is 32.3 Å². The van der Waals surface area contributed by atoms with Gasteiger partial charge in [-0.15, -0.1) is 0 Å². The zero-order chi connectivity index (χ0) is 20.1. The summed E-state index contributed by atoms with van der Waals surface area (Å²) in [4.78, 5) is 17.0. The number of aromatic nitrogens is 2. The predicted octanol–water partition coefficient (Wildman–Crippen LogP) is 2.24. The van der Waals surface area contributed by atoms with Gasteiger partial charge < -0.3 is 15.0 Å². The summed E-state index contributed by atoms with van der Waals surface area (Å²) in [5.41, 5.74) is 1.55. The van der Waals surface area contributed by atoms with Gasteiger partial charge in [0, 0.05) is 45.3 Å². The van der Waals surface area contributed by atoms with Crippen LogP contribution in [0, 0.1) is 0 Å². The quantitative estimate of drug-likeness (QED) is 0.823. The van der Waals surface area contributed by atoms with Crippen LogP contribution in [0.2, 0.25) is 0 Å². The summed E-state index contributed by atoms with van der Waals surface area (Å²) < 4.78 is 6.99. The Bertz CT molecular complexity index is 835. The number of rotatable bonds is 6. The lowest BCUT2D eigenvalue weighted by molar-refractivity contribution is 0.266. The summed E-state index contributed by atoms with van der Waals surface area (Å²) in [6.07, 6.45) is 1.73. The fourth-order valence-corrected chi connectivity index (χ4v) is 3.47. The third kappa shape index (κ3) is 4.84. The zero-order valence-corrected chi connectivity index (χ0v) is 17.3. The number of anilines is 2. The molecular formula is C21H31N5O2. The van der Waals surface area contributed by atoms with Crippen molar-refractivity contribution in [1.29, 1.82) is 0 Å². The molecule has 0 unspecified atom stereocenters. The minimum Gasteiger partial charge on any atom is -0.495 e. The highest BCUT2D eigenvalue weighted by molar-refractivity contribution is 5.58. The van der Waals surface area contributed by atoms with Gasteiger partial charge >= 0.3 is 0 Å². The van der Waals surface area contributed by atoms with Crippen LogP contribution in [0.4, 0.5) is 11.4 Å². The van der Waals surface area contributed by atoms with Gasteiger partial charge in [0.25, 0.3) is 5.56 Å². The van der Waals surface area contributed by atoms with Gasteiger partial charge in [-0.05, 0) is 32.9 Å². The molecule has 1 fully saturated rings. The van der Waals surface area contributed by atoms with Crippen molar-refractivity contribution in [2.45, 2.75) is 26.3 Å². The first kappa shape index (κ1) is 20.2. The highest BCUT2D eigenvalue weighted by atomic mass is 16.5. The van der Waals surface area contributed by atoms with Crippen LogP contribution >= 0.6 is 0 Å². The zero-order valence-electron chi connectivity index (χ0n) is 17.3. The molecule has 0 spiro atoms. The molecular weight excluding hydrogens is 354 g/mol. The first-order chi connectivity index (χ1) is 13.4. The van der Waals surface area contributed by atoms with Crippen molar-refractivity contribution >= 4 is 11.4 Å². The molecule has 0 bridgehead atoms. The molecule has 1 aromatic heterocycles. The van der Waals surface area contributed by atoms with Gasteiger partial charge in [0.15, 0.2) is 0 Å². The number of hydrogen-bond donors (Lipinski definition) is 1. The van der Waals surface area contributed by atoms with Crippen LogP contribution in [0.1, 0.15) is 20.8 Å². The Morgan fingerprint density at radius 2 is 1.86 bits per heavy atom. The number of benzene rings is 1. The van der Waals surface area contributed by atoms with Gasteiger partial charge in [-0.2, -0.15) is 5.10 Å². The molecule has 3 rings (SSSR count). The van der Waals surface area contributed by atoms with Crippen LogP contribution in [0.3, 0.4) is 0 Å². The van der Waals surface area contributed by atoms with Crippen molar-refractivity contribution < 1.29 is 4.74 Å². The average molecular weight is 386 g/mol. The van der Waals surface area contributed by atoms with Crippen molar-refractivity contribution in [1.82, 2.24) is 14.7 Å². The van der Waals surface area contributed by atoms with Gasteiger partial charge in [0.05, 0.1) is 30.2 Å². The molecule has 0 saturated carbocycles. The number of para-hydroxylation sites is 2. The Morgan fingerprint density at radius 1 is 1.14 bits per heavy atom. The fourth-order valence-electron chi connectivity index (χ4n) is 3.47. The number of nitrogens with one attached hydrogen (secondary N) is 1. The van der Waals surface area contributed by atoms with E-state index in [1.165, 1.54) is 4.68 Å². The highest BCUT2D eigenvalue weighted by Gasteiger charge is 2.19. The second-order valence-electron chi connectivity index (χ2n) is 8.09. The lowest BCUT2D eigenvalue weighted by atomic mass is 10.1. The van der Waals surface area contributed by atoms with Gasteiger partial charge in [0.2, 0.25) is 0 Å². The second kappa shape index (κ2) is 8.65. The first-order valence-corrected chi connectivity index (χ1v) is 9.82. The molecule has 28 heavy (non-hydrogen) atoms. The van der Waals surface area contributed by atoms with E-state index in [0.717, 1.165) is 56.4 Å². The third-order valence-corrected chi connectivity index (χ3v) is 4.99. The minimum atomic E-state index is -0.309. The van der Waals surface area contributed by atoms with Gasteiger partial charge in [-0.1, -0.05) is 12.1 Å². The monoisotopic (exact) mass is 385 g/mol. The van der Waals surface area contributed by atoms with Crippen LogP contribution < -0.4 is 20.5 Å². The molecule has 1 aliphatic heterocycles. The van der Waals surface area contributed by atoms with E-state index in [1.807, 2.05) is 32.9 Å². The third-order valence-electron chi connectivity index (χ3n) is 4.99. The van der Waals surface area contributed by atoms with E-state index in [4.69, 9.17) is 4.74 Å². The molecule has 152 valence electrons. The summed E-state index contributed by atoms with van der Waals surface area (Å²) in [7, 11) is 1.72. The first-order valence-electron chi connectivity index (χ1n) is 9.82. The summed E-state index contributed by atoms with van der Waals surface area (Å²) in [6, 6.07) is 9.79. The summed E-state index contributed by atoms with van der Waals surface area (Å²) >= 11 is 0. The number of nitrogens with zero attached hydrogens (tertiary/aromatic N) is 4. The predicted molar refractivity (Wildman–Crippen MR) is 114 cm³/mol. The Balaban J connectivity index is 1.47. The largest absolute Gasteiger partial charge is 0.495 e. The van der Waals surface area contributed by atoms with Crippen LogP contribution in [0.25, 0.3) is 0 Å². The molecule has 7 heteroatoms. The van der Waals surface area contributed by atoms with Crippen LogP contribution in [-0.2, 0) is 5.54 Å². The molecule has 0 atom stereocenters. The molecule has 2 aromatic rings. The maximum absolute atomic E-state index is 12.2. The lowest BCUT2D eigenvalue weighted by Gasteiger charge is -2.36. The summed E-state index contributed by atoms with van der Waals surface area (Å²) in [5.74, 6) is 0.926. The Labute approximate surface area is 166 Å². The molecule has 1 aromatic carbocycles. The standard InChI is InChI=1S/C21H31N5O2/c1-21(2,3)26-20(27)15-17(16-23-26)22-9-10-24-11-13-25(14-12-24)18-7-5-6-8-19(18)28-4/h5-8,15-16,22H,9-14H2,1-4H3. The van der Waals surface area contributed by atoms with Gasteiger partial charge in [-0.25, -0.2) is 4.68 Å². The molecule has 0 amide bonds. The number of hydrogen-bond acceptors (Lipinski definition) is 6. The molecule has 7 nitrogen and oxygen atoms in total. The molecule has 0 aliphatic carbocycles. The number of ether oxygens (including phenoxy) is 1. The van der Waals surface area contributed by atoms with Crippen LogP contribution in [0.15, 0.2) is 41.3 Å². The van der Waals surface area contributed by atoms with Gasteiger partial charge in [-0.3, -0.25) is 9.69 Å². The lowest BCUT2D eigenvalue weighted by Crippen LogP contribution is -2.47. The Kier molecular flexibility index (Phi) is 6.24. The van der Waals surface area contributed by atoms with Crippen molar-refractivity contribution in [3.8, 4) is 5.75 Å². The van der Waals surface area contributed by atoms with Crippen molar-refractivity contribution in [2.75, 3.05) is 56.6 Å². The average Bonchev–Trinajstić information content (AvgIpc) is 2.67. The maximum atomic E-state index is 12.2. The molecule has 1 aliphatic rings. The molecule has 0 radical (unpaired) electrons. The minimum absolute atomic E-state index is 0.0806. The summed E-state index contributed by atoms with van der Waals surface area (Å²) in [6.45, 7) is 11.6. The van der Waals surface area contributed by atoms with E-state index in [1.54, 1.807) is 19.4 Å². The van der Waals surface area contributed by atoms with Crippen molar-refractivity contribution in [2.24, 2.45) is 0 Å². The van der Waals surface area contributed by atoms with E-state index in [9.17, 15) is 4.79 Å². The van der Waals surface area contributed by atoms with E-state index in [-0.39, 0.29) is 11.1 Å². The topological polar surface area (TPSA) is 62.6 Å².